The summed E-state index contributed by atoms with van der Waals surface area (Å²) in [6.45, 7) is 0. The lowest BCUT2D eigenvalue weighted by atomic mass is 9.84. The van der Waals surface area contributed by atoms with Gasteiger partial charge in [-0.25, -0.2) is 4.98 Å². The van der Waals surface area contributed by atoms with Crippen molar-refractivity contribution in [1.82, 2.24) is 9.55 Å². The van der Waals surface area contributed by atoms with E-state index < -0.39 is 165 Å². The second-order valence-electron chi connectivity index (χ2n) is 10.4. The van der Waals surface area contributed by atoms with Gasteiger partial charge in [0.2, 0.25) is 0 Å². The lowest BCUT2D eigenvalue weighted by Crippen LogP contribution is -1.98. The molecule has 0 spiro atoms. The van der Waals surface area contributed by atoms with Crippen LogP contribution in [0.2, 0.25) is 0 Å². The molecule has 0 aliphatic heterocycles. The van der Waals surface area contributed by atoms with Gasteiger partial charge in [0.05, 0.1) is 39.8 Å². The first-order chi connectivity index (χ1) is 32.1. The highest BCUT2D eigenvalue weighted by atomic mass is 15.1. The van der Waals surface area contributed by atoms with Crippen LogP contribution in [0.4, 0.5) is 0 Å². The highest BCUT2D eigenvalue weighted by Crippen LogP contribution is 2.45. The molecule has 9 rings (SSSR count). The quantitative estimate of drug-likeness (QED) is 0.175. The van der Waals surface area contributed by atoms with Crippen molar-refractivity contribution in [2.45, 2.75) is 0 Å². The predicted molar refractivity (Wildman–Crippen MR) is 198 cm³/mol. The van der Waals surface area contributed by atoms with E-state index in [1.54, 1.807) is 42.5 Å². The third kappa shape index (κ3) is 4.54. The largest absolute Gasteiger partial charge is 0.292 e. The Bertz CT molecular complexity index is 3680. The first kappa shape index (κ1) is 13.2. The van der Waals surface area contributed by atoms with Crippen LogP contribution in [-0.4, -0.2) is 9.55 Å². The van der Waals surface area contributed by atoms with Crippen LogP contribution in [-0.2, 0) is 0 Å². The molecule has 0 aliphatic carbocycles. The van der Waals surface area contributed by atoms with Crippen LogP contribution < -0.4 is 0 Å². The van der Waals surface area contributed by atoms with E-state index in [2.05, 4.69) is 0 Å². The van der Waals surface area contributed by atoms with Gasteiger partial charge in [-0.15, -0.1) is 0 Å². The molecule has 0 atom stereocenters. The Kier molecular flexibility index (Phi) is 3.18. The Morgan fingerprint density at radius 3 is 1.66 bits per heavy atom. The first-order valence-corrected chi connectivity index (χ1v) is 14.4. The normalized spacial score (nSPS) is 17.7. The summed E-state index contributed by atoms with van der Waals surface area (Å²) in [4.78, 5) is 4.85. The van der Waals surface area contributed by atoms with Gasteiger partial charge in [-0.2, -0.15) is 0 Å². The van der Waals surface area contributed by atoms with Crippen molar-refractivity contribution in [3.05, 3.63) is 181 Å². The zero-order valence-corrected chi connectivity index (χ0v) is 24.1. The summed E-state index contributed by atoms with van der Waals surface area (Å²) in [7, 11) is 0. The maximum Gasteiger partial charge on any atom is 0.146 e. The summed E-state index contributed by atoms with van der Waals surface area (Å²) in [5, 5.41) is -1.69. The van der Waals surface area contributed by atoms with Crippen LogP contribution in [0.5, 0.6) is 0 Å². The minimum Gasteiger partial charge on any atom is -0.292 e. The highest BCUT2D eigenvalue weighted by molar-refractivity contribution is 6.22. The van der Waals surface area contributed by atoms with Crippen molar-refractivity contribution in [3.63, 3.8) is 0 Å². The van der Waals surface area contributed by atoms with E-state index in [0.29, 0.717) is 11.0 Å². The third-order valence-electron chi connectivity index (χ3n) is 7.82. The summed E-state index contributed by atoms with van der Waals surface area (Å²) in [6, 6.07) is -1.56. The van der Waals surface area contributed by atoms with Gasteiger partial charge in [0.15, 0.2) is 0 Å². The van der Waals surface area contributed by atoms with Crippen molar-refractivity contribution < 1.29 is 28.8 Å². The molecular weight excluding hydrogens is 569 g/mol. The number of imidazole rings is 1. The van der Waals surface area contributed by atoms with Crippen LogP contribution in [0.1, 0.15) is 28.8 Å². The third-order valence-corrected chi connectivity index (χ3v) is 7.82. The fourth-order valence-electron chi connectivity index (χ4n) is 5.90. The van der Waals surface area contributed by atoms with E-state index in [4.69, 9.17) is 28.3 Å². The number of hydrogen-bond acceptors (Lipinski definition) is 1. The van der Waals surface area contributed by atoms with Crippen molar-refractivity contribution in [3.8, 4) is 50.5 Å². The van der Waals surface area contributed by atoms with Crippen LogP contribution in [0.3, 0.4) is 0 Å². The fraction of sp³-hybridized carbons (Fsp3) is 0. The maximum absolute atomic E-state index is 9.84. The van der Waals surface area contributed by atoms with Gasteiger partial charge >= 0.3 is 0 Å². The van der Waals surface area contributed by atoms with Crippen LogP contribution in [0.15, 0.2) is 181 Å². The van der Waals surface area contributed by atoms with Crippen LogP contribution >= 0.6 is 0 Å². The first-order valence-electron chi connectivity index (χ1n) is 24.9. The SMILES string of the molecule is [2H]c1c([2H])c([2H])c(-c2c3cc(-c4ccccc4-c4nc5ccccc5n4-c4c([2H])c([2H])c([2H])c([2H])c4[2H])c([2H])c([2H])c3c(-c3c([2H])c([2H])c([2H])c([2H])c3[2H])c3c([2H])c([2H])c([2H])c([2H])c23)c([2H])c1[2H]. The molecule has 0 amide bonds. The molecule has 0 N–H and O–H groups in total. The summed E-state index contributed by atoms with van der Waals surface area (Å²) in [6.07, 6.45) is 0. The summed E-state index contributed by atoms with van der Waals surface area (Å²) in [5.74, 6) is 0.0182. The molecule has 8 aromatic carbocycles. The van der Waals surface area contributed by atoms with Gasteiger partial charge in [-0.1, -0.05) is 151 Å². The topological polar surface area (TPSA) is 17.8 Å². The van der Waals surface area contributed by atoms with Crippen LogP contribution in [0.25, 0.3) is 83.0 Å². The maximum atomic E-state index is 9.84. The molecule has 220 valence electrons. The summed E-state index contributed by atoms with van der Waals surface area (Å²) < 4.78 is 188. The van der Waals surface area contributed by atoms with E-state index in [0.717, 1.165) is 0 Å². The standard InChI is InChI=1S/C45H30N2/c1-4-16-31(17-5-1)43-36-23-11-12-24-37(36)44(32-18-6-2-7-19-32)40-30-33(28-29-38(40)43)35-22-10-13-25-39(35)45-46-41-26-14-15-27-42(41)47(45)34-20-8-3-9-21-34/h1-30H/i1D,2D,3D,4D,5D,6D,7D,8D,9D,11D,12D,16D,17D,18D,19D,20D,21D,23D,24D,28D,29D. The van der Waals surface area contributed by atoms with Gasteiger partial charge in [-0.3, -0.25) is 4.57 Å². The minimum atomic E-state index is -0.840. The van der Waals surface area contributed by atoms with Gasteiger partial charge in [0.1, 0.15) is 5.82 Å². The molecule has 0 saturated heterocycles. The van der Waals surface area contributed by atoms with Gasteiger partial charge in [-0.05, 0) is 85.2 Å². The second kappa shape index (κ2) is 11.3. The summed E-state index contributed by atoms with van der Waals surface area (Å²) >= 11 is 0. The smallest absolute Gasteiger partial charge is 0.146 e. The van der Waals surface area contributed by atoms with Crippen molar-refractivity contribution in [2.75, 3.05) is 0 Å². The molecule has 0 fully saturated rings. The monoisotopic (exact) mass is 619 g/mol. The molecule has 0 radical (unpaired) electrons. The minimum absolute atomic E-state index is 0.0182. The predicted octanol–water partition coefficient (Wildman–Crippen LogP) is 12.0. The molecule has 1 aromatic heterocycles. The lowest BCUT2D eigenvalue weighted by molar-refractivity contribution is 1.10. The number of nitrogens with zero attached hydrogens (tertiary/aromatic N) is 2. The van der Waals surface area contributed by atoms with Gasteiger partial charge in [0.25, 0.3) is 0 Å². The molecule has 0 saturated carbocycles. The van der Waals surface area contributed by atoms with Crippen molar-refractivity contribution >= 4 is 32.6 Å². The molecular formula is C45H30N2. The number of aromatic nitrogens is 2. The van der Waals surface area contributed by atoms with E-state index in [9.17, 15) is 5.48 Å². The Hall–Kier alpha value is -6.25. The fourth-order valence-corrected chi connectivity index (χ4v) is 5.90. The van der Waals surface area contributed by atoms with Crippen molar-refractivity contribution in [2.24, 2.45) is 0 Å². The average molecular weight is 620 g/mol. The molecule has 9 aromatic rings. The summed E-state index contributed by atoms with van der Waals surface area (Å²) in [5.41, 5.74) is -1.45. The van der Waals surface area contributed by atoms with E-state index >= 15 is 0 Å². The Labute approximate surface area is 303 Å². The number of hydrogen-bond donors (Lipinski definition) is 0. The number of benzene rings is 8. The van der Waals surface area contributed by atoms with Crippen molar-refractivity contribution in [1.29, 1.82) is 0 Å². The molecule has 0 unspecified atom stereocenters. The van der Waals surface area contributed by atoms with E-state index in [-0.39, 0.29) is 33.6 Å². The highest BCUT2D eigenvalue weighted by Gasteiger charge is 2.20. The molecule has 2 heteroatoms. The Morgan fingerprint density at radius 2 is 0.979 bits per heavy atom. The van der Waals surface area contributed by atoms with Gasteiger partial charge in [0, 0.05) is 11.3 Å². The van der Waals surface area contributed by atoms with E-state index in [1.165, 1.54) is 16.7 Å². The average Bonchev–Trinajstić information content (AvgIpc) is 3.71. The van der Waals surface area contributed by atoms with Crippen LogP contribution in [0, 0.1) is 0 Å². The number of para-hydroxylation sites is 3. The molecule has 0 bridgehead atoms. The van der Waals surface area contributed by atoms with Gasteiger partial charge < -0.3 is 0 Å². The second-order valence-corrected chi connectivity index (χ2v) is 10.4. The van der Waals surface area contributed by atoms with E-state index in [1.807, 2.05) is 0 Å². The Balaban J connectivity index is 1.54. The zero-order chi connectivity index (χ0) is 49.4. The molecule has 1 heterocycles. The molecule has 47 heavy (non-hydrogen) atoms. The number of fused-ring (bicyclic) bond motifs is 3. The Morgan fingerprint density at radius 1 is 0.447 bits per heavy atom. The number of rotatable bonds is 5. The molecule has 0 aliphatic rings. The lowest BCUT2D eigenvalue weighted by Gasteiger charge is -2.19. The zero-order valence-electron chi connectivity index (χ0n) is 45.1. The molecule has 2 nitrogen and oxygen atoms in total.